The number of nitrogens with one attached hydrogen (secondary N) is 1. The zero-order chi connectivity index (χ0) is 13.9. The zero-order valence-corrected chi connectivity index (χ0v) is 12.5. The number of nitrogens with zero attached hydrogens (tertiary/aromatic N) is 1. The summed E-state index contributed by atoms with van der Waals surface area (Å²) < 4.78 is 2.00. The lowest BCUT2D eigenvalue weighted by Gasteiger charge is -2.20. The molecule has 0 amide bonds. The number of aromatic nitrogens is 1. The fraction of sp³-hybridized carbons (Fsp3) is 0.688. The lowest BCUT2D eigenvalue weighted by Crippen LogP contribution is -2.36. The second kappa shape index (κ2) is 5.91. The molecule has 0 saturated heterocycles. The maximum Gasteiger partial charge on any atom is 0.250 e. The Morgan fingerprint density at radius 2 is 2.00 bits per heavy atom. The van der Waals surface area contributed by atoms with E-state index < -0.39 is 0 Å². The molecular formula is C16H26N2O. The van der Waals surface area contributed by atoms with E-state index in [0.717, 1.165) is 38.8 Å². The van der Waals surface area contributed by atoms with Gasteiger partial charge in [0.15, 0.2) is 0 Å². The highest BCUT2D eigenvalue weighted by atomic mass is 16.1. The van der Waals surface area contributed by atoms with Crippen LogP contribution >= 0.6 is 0 Å². The smallest absolute Gasteiger partial charge is 0.250 e. The van der Waals surface area contributed by atoms with Crippen LogP contribution in [0.25, 0.3) is 0 Å². The van der Waals surface area contributed by atoms with Crippen molar-refractivity contribution in [2.24, 2.45) is 0 Å². The van der Waals surface area contributed by atoms with Crippen LogP contribution in [0.1, 0.15) is 51.3 Å². The second-order valence-corrected chi connectivity index (χ2v) is 6.53. The molecule has 3 nitrogen and oxygen atoms in total. The number of aryl methyl sites for hydroxylation is 1. The minimum atomic E-state index is 0.171. The van der Waals surface area contributed by atoms with Gasteiger partial charge in [0.2, 0.25) is 0 Å². The van der Waals surface area contributed by atoms with Gasteiger partial charge in [0.05, 0.1) is 0 Å². The van der Waals surface area contributed by atoms with Crippen molar-refractivity contribution in [2.45, 2.75) is 65.0 Å². The SMILES string of the molecule is CC(C)(C)NCCCCn1c2c(ccc1=O)CCC2. The third-order valence-electron chi connectivity index (χ3n) is 3.71. The second-order valence-electron chi connectivity index (χ2n) is 6.53. The molecule has 106 valence electrons. The highest BCUT2D eigenvalue weighted by Gasteiger charge is 2.15. The van der Waals surface area contributed by atoms with E-state index in [4.69, 9.17) is 0 Å². The van der Waals surface area contributed by atoms with Crippen LogP contribution in [-0.4, -0.2) is 16.7 Å². The van der Waals surface area contributed by atoms with Gasteiger partial charge in [-0.15, -0.1) is 0 Å². The molecular weight excluding hydrogens is 236 g/mol. The molecule has 19 heavy (non-hydrogen) atoms. The number of rotatable bonds is 5. The van der Waals surface area contributed by atoms with Crippen molar-refractivity contribution in [3.63, 3.8) is 0 Å². The zero-order valence-electron chi connectivity index (χ0n) is 12.5. The van der Waals surface area contributed by atoms with Gasteiger partial charge in [-0.3, -0.25) is 4.79 Å². The molecule has 0 saturated carbocycles. The van der Waals surface area contributed by atoms with Gasteiger partial charge in [0.25, 0.3) is 5.56 Å². The van der Waals surface area contributed by atoms with Crippen molar-refractivity contribution >= 4 is 0 Å². The van der Waals surface area contributed by atoms with Crippen molar-refractivity contribution in [1.29, 1.82) is 0 Å². The summed E-state index contributed by atoms with van der Waals surface area (Å²) in [5.41, 5.74) is 3.03. The fourth-order valence-corrected chi connectivity index (χ4v) is 2.74. The van der Waals surface area contributed by atoms with Gasteiger partial charge >= 0.3 is 0 Å². The standard InChI is InChI=1S/C16H26N2O/c1-16(2,3)17-11-4-5-12-18-14-8-6-7-13(14)9-10-15(18)19/h9-10,17H,4-8,11-12H2,1-3H3. The summed E-state index contributed by atoms with van der Waals surface area (Å²) >= 11 is 0. The molecule has 1 aliphatic carbocycles. The van der Waals surface area contributed by atoms with Gasteiger partial charge in [-0.25, -0.2) is 0 Å². The van der Waals surface area contributed by atoms with Crippen LogP contribution in [0.2, 0.25) is 0 Å². The Morgan fingerprint density at radius 1 is 1.21 bits per heavy atom. The molecule has 0 fully saturated rings. The number of unbranched alkanes of at least 4 members (excludes halogenated alkanes) is 1. The fourth-order valence-electron chi connectivity index (χ4n) is 2.74. The summed E-state index contributed by atoms with van der Waals surface area (Å²) in [4.78, 5) is 11.9. The van der Waals surface area contributed by atoms with E-state index in [1.54, 1.807) is 6.07 Å². The van der Waals surface area contributed by atoms with Gasteiger partial charge in [0.1, 0.15) is 0 Å². The van der Waals surface area contributed by atoms with Crippen LogP contribution in [0.15, 0.2) is 16.9 Å². The van der Waals surface area contributed by atoms with E-state index in [1.807, 2.05) is 10.6 Å². The highest BCUT2D eigenvalue weighted by molar-refractivity contribution is 5.25. The molecule has 0 aromatic carbocycles. The lowest BCUT2D eigenvalue weighted by molar-refractivity contribution is 0.413. The van der Waals surface area contributed by atoms with Gasteiger partial charge in [-0.2, -0.15) is 0 Å². The summed E-state index contributed by atoms with van der Waals surface area (Å²) in [6.07, 6.45) is 5.60. The third kappa shape index (κ3) is 3.93. The van der Waals surface area contributed by atoms with Gasteiger partial charge < -0.3 is 9.88 Å². The van der Waals surface area contributed by atoms with E-state index in [2.05, 4.69) is 26.1 Å². The maximum atomic E-state index is 11.9. The summed E-state index contributed by atoms with van der Waals surface area (Å²) in [5, 5.41) is 3.49. The average Bonchev–Trinajstić information content (AvgIpc) is 2.78. The first kappa shape index (κ1) is 14.3. The molecule has 1 aromatic rings. The van der Waals surface area contributed by atoms with Crippen LogP contribution in [0.4, 0.5) is 0 Å². The first-order valence-corrected chi connectivity index (χ1v) is 7.44. The number of hydrogen-bond donors (Lipinski definition) is 1. The van der Waals surface area contributed by atoms with E-state index in [1.165, 1.54) is 17.7 Å². The van der Waals surface area contributed by atoms with Crippen LogP contribution in [0.5, 0.6) is 0 Å². The Morgan fingerprint density at radius 3 is 2.74 bits per heavy atom. The van der Waals surface area contributed by atoms with Gasteiger partial charge in [0, 0.05) is 23.8 Å². The molecule has 1 N–H and O–H groups in total. The molecule has 0 spiro atoms. The van der Waals surface area contributed by atoms with E-state index >= 15 is 0 Å². The van der Waals surface area contributed by atoms with E-state index in [0.29, 0.717) is 0 Å². The van der Waals surface area contributed by atoms with Gasteiger partial charge in [-0.1, -0.05) is 6.07 Å². The summed E-state index contributed by atoms with van der Waals surface area (Å²) in [7, 11) is 0. The first-order chi connectivity index (χ1) is 8.97. The average molecular weight is 262 g/mol. The van der Waals surface area contributed by atoms with Crippen molar-refractivity contribution in [1.82, 2.24) is 9.88 Å². The highest BCUT2D eigenvalue weighted by Crippen LogP contribution is 2.20. The normalized spacial score (nSPS) is 14.7. The van der Waals surface area contributed by atoms with Crippen LogP contribution < -0.4 is 10.9 Å². The molecule has 0 radical (unpaired) electrons. The van der Waals surface area contributed by atoms with Crippen molar-refractivity contribution in [3.05, 3.63) is 33.7 Å². The van der Waals surface area contributed by atoms with Gasteiger partial charge in [-0.05, 0) is 65.0 Å². The first-order valence-electron chi connectivity index (χ1n) is 7.44. The molecule has 0 bridgehead atoms. The Hall–Kier alpha value is -1.09. The van der Waals surface area contributed by atoms with Crippen LogP contribution in [-0.2, 0) is 19.4 Å². The molecule has 0 aliphatic heterocycles. The minimum Gasteiger partial charge on any atom is -0.312 e. The Kier molecular flexibility index (Phi) is 4.46. The Labute approximate surface area is 116 Å². The van der Waals surface area contributed by atoms with Crippen LogP contribution in [0.3, 0.4) is 0 Å². The largest absolute Gasteiger partial charge is 0.312 e. The third-order valence-corrected chi connectivity index (χ3v) is 3.71. The van der Waals surface area contributed by atoms with Crippen molar-refractivity contribution < 1.29 is 0 Å². The topological polar surface area (TPSA) is 34.0 Å². The molecule has 3 heteroatoms. The molecule has 1 aromatic heterocycles. The monoisotopic (exact) mass is 262 g/mol. The Bertz CT molecular complexity index is 483. The molecule has 0 atom stereocenters. The Balaban J connectivity index is 1.87. The molecule has 1 heterocycles. The summed E-state index contributed by atoms with van der Waals surface area (Å²) in [6.45, 7) is 8.44. The lowest BCUT2D eigenvalue weighted by atomic mass is 10.1. The van der Waals surface area contributed by atoms with E-state index in [-0.39, 0.29) is 11.1 Å². The number of pyridine rings is 1. The van der Waals surface area contributed by atoms with Crippen molar-refractivity contribution in [3.8, 4) is 0 Å². The minimum absolute atomic E-state index is 0.171. The number of fused-ring (bicyclic) bond motifs is 1. The molecule has 2 rings (SSSR count). The summed E-state index contributed by atoms with van der Waals surface area (Å²) in [6, 6.07) is 3.75. The maximum absolute atomic E-state index is 11.9. The summed E-state index contributed by atoms with van der Waals surface area (Å²) in [5.74, 6) is 0. The van der Waals surface area contributed by atoms with Crippen molar-refractivity contribution in [2.75, 3.05) is 6.54 Å². The quantitative estimate of drug-likeness (QED) is 0.827. The molecule has 1 aliphatic rings. The number of hydrogen-bond acceptors (Lipinski definition) is 2. The molecule has 0 unspecified atom stereocenters. The predicted octanol–water partition coefficient (Wildman–Crippen LogP) is 2.51. The van der Waals surface area contributed by atoms with E-state index in [9.17, 15) is 4.79 Å². The van der Waals surface area contributed by atoms with Crippen LogP contribution in [0, 0.1) is 0 Å². The predicted molar refractivity (Wildman–Crippen MR) is 79.7 cm³/mol.